The topological polar surface area (TPSA) is 71.4 Å². The number of hydrogen-bond acceptors (Lipinski definition) is 4. The van der Waals surface area contributed by atoms with E-state index in [1.165, 1.54) is 6.20 Å². The van der Waals surface area contributed by atoms with Crippen LogP contribution in [0.15, 0.2) is 28.9 Å². The van der Waals surface area contributed by atoms with Crippen molar-refractivity contribution in [2.45, 2.75) is 46.6 Å². The maximum atomic E-state index is 9.49. The van der Waals surface area contributed by atoms with Gasteiger partial charge in [0.1, 0.15) is 17.4 Å². The lowest BCUT2D eigenvalue weighted by molar-refractivity contribution is 0.302. The highest BCUT2D eigenvalue weighted by Gasteiger charge is 2.26. The minimum atomic E-state index is 0.255. The van der Waals surface area contributed by atoms with Crippen molar-refractivity contribution >= 4 is 5.71 Å². The molecular weight excluding hydrogens is 274 g/mol. The SMILES string of the molecule is CC.CN=C(/C(C)=C\N)c1cc(C)cc(OC2CC2)c1C#N. The van der Waals surface area contributed by atoms with E-state index in [9.17, 15) is 5.26 Å². The Hall–Kier alpha value is -2.28. The van der Waals surface area contributed by atoms with Crippen molar-refractivity contribution in [3.63, 3.8) is 0 Å². The number of hydrogen-bond donors (Lipinski definition) is 1. The Labute approximate surface area is 133 Å². The Morgan fingerprint density at radius 3 is 2.50 bits per heavy atom. The van der Waals surface area contributed by atoms with Gasteiger partial charge in [0.25, 0.3) is 0 Å². The molecule has 2 N–H and O–H groups in total. The van der Waals surface area contributed by atoms with Gasteiger partial charge in [-0.2, -0.15) is 5.26 Å². The van der Waals surface area contributed by atoms with Crippen LogP contribution in [0.1, 0.15) is 50.3 Å². The fraction of sp³-hybridized carbons (Fsp3) is 0.444. The van der Waals surface area contributed by atoms with Gasteiger partial charge in [-0.15, -0.1) is 0 Å². The van der Waals surface area contributed by atoms with Crippen LogP contribution in [0, 0.1) is 18.3 Å². The summed E-state index contributed by atoms with van der Waals surface area (Å²) in [6.07, 6.45) is 3.88. The number of nitrogens with zero attached hydrogens (tertiary/aromatic N) is 2. The predicted octanol–water partition coefficient (Wildman–Crippen LogP) is 3.72. The fourth-order valence-electron chi connectivity index (χ4n) is 2.10. The smallest absolute Gasteiger partial charge is 0.138 e. The van der Waals surface area contributed by atoms with Crippen molar-refractivity contribution < 1.29 is 4.74 Å². The molecule has 0 aromatic heterocycles. The molecule has 1 aliphatic rings. The lowest BCUT2D eigenvalue weighted by atomic mass is 9.96. The largest absolute Gasteiger partial charge is 0.489 e. The van der Waals surface area contributed by atoms with Crippen LogP contribution in [-0.2, 0) is 0 Å². The molecule has 1 fully saturated rings. The highest BCUT2D eigenvalue weighted by molar-refractivity contribution is 6.14. The van der Waals surface area contributed by atoms with Gasteiger partial charge < -0.3 is 10.5 Å². The average Bonchev–Trinajstić information content (AvgIpc) is 3.33. The summed E-state index contributed by atoms with van der Waals surface area (Å²) in [6.45, 7) is 7.87. The van der Waals surface area contributed by atoms with Crippen LogP contribution in [0.5, 0.6) is 5.75 Å². The quantitative estimate of drug-likeness (QED) is 0.861. The summed E-state index contributed by atoms with van der Waals surface area (Å²) < 4.78 is 5.85. The molecule has 0 radical (unpaired) electrons. The van der Waals surface area contributed by atoms with Crippen LogP contribution in [0.2, 0.25) is 0 Å². The first-order chi connectivity index (χ1) is 10.6. The first-order valence-corrected chi connectivity index (χ1v) is 7.68. The van der Waals surface area contributed by atoms with E-state index in [1.54, 1.807) is 7.05 Å². The number of benzene rings is 1. The van der Waals surface area contributed by atoms with Gasteiger partial charge in [0.05, 0.1) is 11.8 Å². The molecule has 1 aliphatic carbocycles. The molecule has 118 valence electrons. The Balaban J connectivity index is 0.00000116. The van der Waals surface area contributed by atoms with E-state index in [1.807, 2.05) is 39.8 Å². The molecule has 0 spiro atoms. The zero-order chi connectivity index (χ0) is 16.7. The first-order valence-electron chi connectivity index (χ1n) is 7.68. The number of aryl methyl sites for hydroxylation is 1. The van der Waals surface area contributed by atoms with Crippen molar-refractivity contribution in [3.8, 4) is 11.8 Å². The molecule has 0 aliphatic heterocycles. The van der Waals surface area contributed by atoms with Gasteiger partial charge in [-0.25, -0.2) is 0 Å². The van der Waals surface area contributed by atoms with Gasteiger partial charge in [0, 0.05) is 12.6 Å². The van der Waals surface area contributed by atoms with Gasteiger partial charge in [0.2, 0.25) is 0 Å². The van der Waals surface area contributed by atoms with Crippen LogP contribution in [0.4, 0.5) is 0 Å². The zero-order valence-electron chi connectivity index (χ0n) is 14.1. The maximum Gasteiger partial charge on any atom is 0.138 e. The third-order valence-corrected chi connectivity index (χ3v) is 3.28. The van der Waals surface area contributed by atoms with Crippen LogP contribution in [-0.4, -0.2) is 18.9 Å². The van der Waals surface area contributed by atoms with Gasteiger partial charge in [-0.1, -0.05) is 13.8 Å². The zero-order valence-corrected chi connectivity index (χ0v) is 14.1. The van der Waals surface area contributed by atoms with E-state index < -0.39 is 0 Å². The summed E-state index contributed by atoms with van der Waals surface area (Å²) in [5, 5.41) is 9.49. The molecule has 0 saturated heterocycles. The van der Waals surface area contributed by atoms with Gasteiger partial charge in [-0.3, -0.25) is 4.99 Å². The molecule has 4 nitrogen and oxygen atoms in total. The highest BCUT2D eigenvalue weighted by Crippen LogP contribution is 2.32. The number of rotatable bonds is 4. The van der Waals surface area contributed by atoms with Crippen LogP contribution in [0.3, 0.4) is 0 Å². The minimum absolute atomic E-state index is 0.255. The van der Waals surface area contributed by atoms with E-state index in [2.05, 4.69) is 11.1 Å². The third-order valence-electron chi connectivity index (χ3n) is 3.28. The lowest BCUT2D eigenvalue weighted by Gasteiger charge is -2.14. The molecular formula is C18H25N3O. The highest BCUT2D eigenvalue weighted by atomic mass is 16.5. The Bertz CT molecular complexity index is 620. The Kier molecular flexibility index (Phi) is 6.65. The van der Waals surface area contributed by atoms with Gasteiger partial charge in [-0.05, 0) is 56.2 Å². The Morgan fingerprint density at radius 2 is 2.05 bits per heavy atom. The molecule has 0 atom stereocenters. The summed E-state index contributed by atoms with van der Waals surface area (Å²) in [4.78, 5) is 4.28. The van der Waals surface area contributed by atoms with Gasteiger partial charge in [0.15, 0.2) is 0 Å². The van der Waals surface area contributed by atoms with Crippen molar-refractivity contribution in [1.29, 1.82) is 5.26 Å². The van der Waals surface area contributed by atoms with Crippen LogP contribution < -0.4 is 10.5 Å². The molecule has 0 bridgehead atoms. The summed E-state index contributed by atoms with van der Waals surface area (Å²) in [5.74, 6) is 0.649. The van der Waals surface area contributed by atoms with Crippen molar-refractivity contribution in [1.82, 2.24) is 0 Å². The standard InChI is InChI=1S/C16H19N3O.C2H6/c1-10-6-13(16(19-3)11(2)8-17)14(9-18)15(7-10)20-12-4-5-12;1-2/h6-8,12H,4-5,17H2,1-3H3;1-2H3/b11-8-,19-16?;. The van der Waals surface area contributed by atoms with E-state index in [0.717, 1.165) is 35.3 Å². The summed E-state index contributed by atoms with van der Waals surface area (Å²) in [6, 6.07) is 6.11. The molecule has 1 aromatic carbocycles. The van der Waals surface area contributed by atoms with Crippen LogP contribution in [0.25, 0.3) is 0 Å². The predicted molar refractivity (Wildman–Crippen MR) is 91.3 cm³/mol. The number of ether oxygens (including phenoxy) is 1. The molecule has 4 heteroatoms. The summed E-state index contributed by atoms with van der Waals surface area (Å²) >= 11 is 0. The molecule has 22 heavy (non-hydrogen) atoms. The van der Waals surface area contributed by atoms with Gasteiger partial charge >= 0.3 is 0 Å². The Morgan fingerprint density at radius 1 is 1.41 bits per heavy atom. The average molecular weight is 299 g/mol. The van der Waals surface area contributed by atoms with Crippen molar-refractivity contribution in [2.24, 2.45) is 10.7 Å². The van der Waals surface area contributed by atoms with E-state index in [0.29, 0.717) is 11.3 Å². The van der Waals surface area contributed by atoms with E-state index >= 15 is 0 Å². The number of nitrogens with two attached hydrogens (primary N) is 1. The second kappa shape index (κ2) is 8.23. The maximum absolute atomic E-state index is 9.49. The van der Waals surface area contributed by atoms with Crippen LogP contribution >= 0.6 is 0 Å². The van der Waals surface area contributed by atoms with E-state index in [-0.39, 0.29) is 6.10 Å². The first kappa shape index (κ1) is 17.8. The molecule has 0 amide bonds. The normalized spacial score (nSPS) is 14.7. The van der Waals surface area contributed by atoms with E-state index in [4.69, 9.17) is 10.5 Å². The molecule has 0 heterocycles. The summed E-state index contributed by atoms with van der Waals surface area (Å²) in [7, 11) is 1.70. The molecule has 1 saturated carbocycles. The molecule has 2 rings (SSSR count). The second-order valence-corrected chi connectivity index (χ2v) is 5.04. The molecule has 0 unspecified atom stereocenters. The van der Waals surface area contributed by atoms with Crippen molar-refractivity contribution in [3.05, 3.63) is 40.6 Å². The second-order valence-electron chi connectivity index (χ2n) is 5.04. The minimum Gasteiger partial charge on any atom is -0.489 e. The molecule has 1 aromatic rings. The fourth-order valence-corrected chi connectivity index (χ4v) is 2.10. The van der Waals surface area contributed by atoms with Crippen molar-refractivity contribution in [2.75, 3.05) is 7.05 Å². The lowest BCUT2D eigenvalue weighted by Crippen LogP contribution is -2.10. The number of nitriles is 1. The summed E-state index contributed by atoms with van der Waals surface area (Å²) in [5.41, 5.74) is 9.51. The number of aliphatic imine (C=N–C) groups is 1. The monoisotopic (exact) mass is 299 g/mol. The number of allylic oxidation sites excluding steroid dienone is 1. The third kappa shape index (κ3) is 4.11.